The average Bonchev–Trinajstić information content (AvgIpc) is 3.09. The van der Waals surface area contributed by atoms with Gasteiger partial charge >= 0.3 is 5.97 Å². The number of carbonyl (C=O) groups is 2. The van der Waals surface area contributed by atoms with Gasteiger partial charge in [-0.2, -0.15) is 0 Å². The fourth-order valence-corrected chi connectivity index (χ4v) is 5.42. The van der Waals surface area contributed by atoms with Gasteiger partial charge in [-0.3, -0.25) is 4.79 Å². The lowest BCUT2D eigenvalue weighted by Crippen LogP contribution is -2.16. The number of ether oxygens (including phenoxy) is 1. The van der Waals surface area contributed by atoms with Gasteiger partial charge in [-0.25, -0.2) is 4.79 Å². The van der Waals surface area contributed by atoms with Crippen LogP contribution in [0, 0.1) is 6.92 Å². The summed E-state index contributed by atoms with van der Waals surface area (Å²) in [6, 6.07) is 0. The van der Waals surface area contributed by atoms with Crippen molar-refractivity contribution in [3.8, 4) is 0 Å². The van der Waals surface area contributed by atoms with Crippen LogP contribution < -0.4 is 5.32 Å². The third-order valence-electron chi connectivity index (χ3n) is 4.61. The zero-order valence-corrected chi connectivity index (χ0v) is 17.5. The molecule has 9 heteroatoms. The summed E-state index contributed by atoms with van der Waals surface area (Å²) in [4.78, 5) is 26.0. The molecule has 0 spiro atoms. The van der Waals surface area contributed by atoms with Gasteiger partial charge in [-0.1, -0.05) is 18.2 Å². The number of fused-ring (bicyclic) bond motifs is 1. The van der Waals surface area contributed by atoms with Crippen LogP contribution >= 0.6 is 23.1 Å². The first kappa shape index (κ1) is 19.9. The Morgan fingerprint density at radius 2 is 2.04 bits per heavy atom. The summed E-state index contributed by atoms with van der Waals surface area (Å²) in [5.74, 6) is 0.500. The number of amides is 1. The van der Waals surface area contributed by atoms with Crippen molar-refractivity contribution in [3.05, 3.63) is 21.8 Å². The first-order chi connectivity index (χ1) is 13.0. The summed E-state index contributed by atoms with van der Waals surface area (Å²) in [6.45, 7) is 4.66. The topological polar surface area (TPSA) is 86.1 Å². The minimum absolute atomic E-state index is 0.162. The van der Waals surface area contributed by atoms with E-state index < -0.39 is 0 Å². The highest BCUT2D eigenvalue weighted by Crippen LogP contribution is 2.38. The molecule has 0 aliphatic heterocycles. The second-order valence-corrected chi connectivity index (χ2v) is 8.42. The van der Waals surface area contributed by atoms with Crippen LogP contribution in [0.2, 0.25) is 0 Å². The molecular weight excluding hydrogens is 384 g/mol. The van der Waals surface area contributed by atoms with Crippen LogP contribution in [-0.2, 0) is 28.9 Å². The normalized spacial score (nSPS) is 13.7. The van der Waals surface area contributed by atoms with Gasteiger partial charge in [0.25, 0.3) is 0 Å². The van der Waals surface area contributed by atoms with Crippen LogP contribution in [0.15, 0.2) is 5.16 Å². The van der Waals surface area contributed by atoms with Gasteiger partial charge in [-0.15, -0.1) is 21.5 Å². The van der Waals surface area contributed by atoms with Crippen LogP contribution in [-0.4, -0.2) is 39.5 Å². The summed E-state index contributed by atoms with van der Waals surface area (Å²) >= 11 is 2.85. The number of anilines is 1. The molecule has 0 aromatic carbocycles. The molecular formula is C18H24N4O3S2. The van der Waals surface area contributed by atoms with E-state index in [9.17, 15) is 9.59 Å². The van der Waals surface area contributed by atoms with E-state index in [4.69, 9.17) is 4.74 Å². The molecule has 1 N–H and O–H groups in total. The third-order valence-corrected chi connectivity index (χ3v) is 6.79. The Kier molecular flexibility index (Phi) is 6.54. The second kappa shape index (κ2) is 8.88. The van der Waals surface area contributed by atoms with Crippen molar-refractivity contribution in [2.45, 2.75) is 57.7 Å². The minimum Gasteiger partial charge on any atom is -0.465 e. The van der Waals surface area contributed by atoms with Crippen molar-refractivity contribution >= 4 is 40.0 Å². The summed E-state index contributed by atoms with van der Waals surface area (Å²) in [5, 5.41) is 12.4. The van der Waals surface area contributed by atoms with Crippen molar-refractivity contribution in [3.63, 3.8) is 0 Å². The van der Waals surface area contributed by atoms with Crippen molar-refractivity contribution in [1.29, 1.82) is 0 Å². The molecule has 1 amide bonds. The summed E-state index contributed by atoms with van der Waals surface area (Å²) < 4.78 is 6.94. The van der Waals surface area contributed by atoms with E-state index in [1.165, 1.54) is 35.1 Å². The first-order valence-corrected chi connectivity index (χ1v) is 10.9. The Labute approximate surface area is 166 Å². The number of methoxy groups -OCH3 is 1. The predicted molar refractivity (Wildman–Crippen MR) is 107 cm³/mol. The molecule has 2 aromatic heterocycles. The molecule has 2 heterocycles. The Hall–Kier alpha value is -1.87. The Morgan fingerprint density at radius 3 is 2.78 bits per heavy atom. The fourth-order valence-electron chi connectivity index (χ4n) is 3.27. The van der Waals surface area contributed by atoms with E-state index in [2.05, 4.69) is 15.5 Å². The molecule has 0 atom stereocenters. The quantitative estimate of drug-likeness (QED) is 0.448. The molecule has 27 heavy (non-hydrogen) atoms. The summed E-state index contributed by atoms with van der Waals surface area (Å²) in [6.07, 6.45) is 5.15. The molecule has 0 bridgehead atoms. The smallest absolute Gasteiger partial charge is 0.341 e. The van der Waals surface area contributed by atoms with E-state index in [-0.39, 0.29) is 17.6 Å². The van der Waals surface area contributed by atoms with Crippen LogP contribution in [0.3, 0.4) is 0 Å². The number of hydrogen-bond donors (Lipinski definition) is 1. The predicted octanol–water partition coefficient (Wildman–Crippen LogP) is 3.45. The third kappa shape index (κ3) is 4.35. The Morgan fingerprint density at radius 1 is 1.26 bits per heavy atom. The maximum Gasteiger partial charge on any atom is 0.341 e. The molecule has 0 radical (unpaired) electrons. The summed E-state index contributed by atoms with van der Waals surface area (Å²) in [7, 11) is 1.38. The van der Waals surface area contributed by atoms with Gasteiger partial charge in [0.15, 0.2) is 5.16 Å². The number of nitrogens with zero attached hydrogens (tertiary/aromatic N) is 3. The zero-order valence-electron chi connectivity index (χ0n) is 15.8. The van der Waals surface area contributed by atoms with Gasteiger partial charge in [-0.05, 0) is 45.1 Å². The van der Waals surface area contributed by atoms with E-state index in [1.807, 2.05) is 18.4 Å². The van der Waals surface area contributed by atoms with Crippen LogP contribution in [0.4, 0.5) is 5.00 Å². The number of thiophene rings is 1. The molecule has 3 rings (SSSR count). The zero-order chi connectivity index (χ0) is 19.4. The Bertz CT molecular complexity index is 844. The van der Waals surface area contributed by atoms with E-state index >= 15 is 0 Å². The highest BCUT2D eigenvalue weighted by Gasteiger charge is 2.26. The maximum atomic E-state index is 12.5. The number of hydrogen-bond acceptors (Lipinski definition) is 7. The minimum atomic E-state index is -0.376. The Balaban J connectivity index is 1.74. The number of nitrogens with one attached hydrogen (secondary N) is 1. The lowest BCUT2D eigenvalue weighted by Gasteiger charge is -2.08. The van der Waals surface area contributed by atoms with Crippen LogP contribution in [0.1, 0.15) is 52.8 Å². The number of carbonyl (C=O) groups excluding carboxylic acids is 2. The number of rotatable bonds is 6. The van der Waals surface area contributed by atoms with Crippen LogP contribution in [0.5, 0.6) is 0 Å². The lowest BCUT2D eigenvalue weighted by atomic mass is 10.1. The van der Waals surface area contributed by atoms with Gasteiger partial charge < -0.3 is 14.6 Å². The monoisotopic (exact) mass is 408 g/mol. The fraction of sp³-hybridized carbons (Fsp3) is 0.556. The van der Waals surface area contributed by atoms with Crippen molar-refractivity contribution in [2.75, 3.05) is 18.2 Å². The van der Waals surface area contributed by atoms with E-state index in [1.54, 1.807) is 0 Å². The molecule has 2 aromatic rings. The first-order valence-electron chi connectivity index (χ1n) is 9.10. The van der Waals surface area contributed by atoms with Crippen molar-refractivity contribution in [2.24, 2.45) is 0 Å². The summed E-state index contributed by atoms with van der Waals surface area (Å²) in [5.41, 5.74) is 1.58. The molecule has 0 fully saturated rings. The van der Waals surface area contributed by atoms with Gasteiger partial charge in [0.2, 0.25) is 5.91 Å². The molecule has 146 valence electrons. The molecule has 1 aliphatic rings. The standard InChI is InChI=1S/C18H24N4O3S2/c1-4-22-11(2)20-21-18(22)26-10-14(23)19-16-15(17(24)25-3)12-8-6-5-7-9-13(12)27-16/h4-10H2,1-3H3,(H,19,23). The SMILES string of the molecule is CCn1c(C)nnc1SCC(=O)Nc1sc2c(c1C(=O)OC)CCCCC2. The molecule has 0 saturated carbocycles. The van der Waals surface area contributed by atoms with Gasteiger partial charge in [0.1, 0.15) is 10.8 Å². The lowest BCUT2D eigenvalue weighted by molar-refractivity contribution is -0.113. The molecule has 0 saturated heterocycles. The number of aryl methyl sites for hydroxylation is 2. The number of esters is 1. The molecule has 7 nitrogen and oxygen atoms in total. The molecule has 1 aliphatic carbocycles. The largest absolute Gasteiger partial charge is 0.465 e. The average molecular weight is 409 g/mol. The number of aromatic nitrogens is 3. The van der Waals surface area contributed by atoms with Crippen molar-refractivity contribution in [1.82, 2.24) is 14.8 Å². The van der Waals surface area contributed by atoms with Gasteiger partial charge in [0, 0.05) is 11.4 Å². The van der Waals surface area contributed by atoms with Crippen molar-refractivity contribution < 1.29 is 14.3 Å². The van der Waals surface area contributed by atoms with E-state index in [0.29, 0.717) is 10.6 Å². The highest BCUT2D eigenvalue weighted by atomic mass is 32.2. The van der Waals surface area contributed by atoms with Gasteiger partial charge in [0.05, 0.1) is 18.4 Å². The highest BCUT2D eigenvalue weighted by molar-refractivity contribution is 7.99. The second-order valence-electron chi connectivity index (χ2n) is 6.37. The molecule has 0 unspecified atom stereocenters. The number of thioether (sulfide) groups is 1. The maximum absolute atomic E-state index is 12.5. The van der Waals surface area contributed by atoms with Crippen LogP contribution in [0.25, 0.3) is 0 Å². The van der Waals surface area contributed by atoms with E-state index in [0.717, 1.165) is 55.2 Å².